The Kier molecular flexibility index (Phi) is 4.77. The summed E-state index contributed by atoms with van der Waals surface area (Å²) in [6.07, 6.45) is 3.77. The van der Waals surface area contributed by atoms with Crippen molar-refractivity contribution in [2.75, 3.05) is 24.5 Å². The summed E-state index contributed by atoms with van der Waals surface area (Å²) < 4.78 is 0. The molecule has 27 heavy (non-hydrogen) atoms. The van der Waals surface area contributed by atoms with Crippen LogP contribution < -0.4 is 4.90 Å². The number of nitrogens with zero attached hydrogens (tertiary/aromatic N) is 3. The standard InChI is InChI=1S/C22H23N3O2/c1-16-14-25(21-4-2-3-19-13-23-10-9-20(19)21)12-11-24(16)15-17-5-7-18(8-6-17)22(26)27/h2-10,13,16H,11-12,14-15H2,1H3,(H,26,27). The molecule has 1 unspecified atom stereocenters. The van der Waals surface area contributed by atoms with Crippen LogP contribution in [-0.2, 0) is 6.54 Å². The Bertz CT molecular complexity index is 950. The predicted molar refractivity (Wildman–Crippen MR) is 107 cm³/mol. The van der Waals surface area contributed by atoms with Gasteiger partial charge >= 0.3 is 5.97 Å². The molecule has 2 aromatic carbocycles. The van der Waals surface area contributed by atoms with E-state index in [0.29, 0.717) is 11.6 Å². The molecular weight excluding hydrogens is 338 g/mol. The van der Waals surface area contributed by atoms with Crippen LogP contribution in [-0.4, -0.2) is 46.6 Å². The topological polar surface area (TPSA) is 56.7 Å². The van der Waals surface area contributed by atoms with Gasteiger partial charge in [-0.25, -0.2) is 4.79 Å². The Morgan fingerprint density at radius 2 is 1.96 bits per heavy atom. The maximum Gasteiger partial charge on any atom is 0.335 e. The smallest absolute Gasteiger partial charge is 0.335 e. The average molecular weight is 361 g/mol. The van der Waals surface area contributed by atoms with Gasteiger partial charge in [-0.1, -0.05) is 24.3 Å². The minimum atomic E-state index is -0.881. The van der Waals surface area contributed by atoms with Gasteiger partial charge in [-0.3, -0.25) is 9.88 Å². The number of anilines is 1. The second-order valence-corrected chi connectivity index (χ2v) is 7.14. The van der Waals surface area contributed by atoms with Gasteiger partial charge in [0.2, 0.25) is 0 Å². The number of fused-ring (bicyclic) bond motifs is 1. The highest BCUT2D eigenvalue weighted by Crippen LogP contribution is 2.28. The van der Waals surface area contributed by atoms with E-state index in [4.69, 9.17) is 5.11 Å². The van der Waals surface area contributed by atoms with Gasteiger partial charge in [0.15, 0.2) is 0 Å². The first kappa shape index (κ1) is 17.5. The molecule has 1 aromatic heterocycles. The van der Waals surface area contributed by atoms with Gasteiger partial charge < -0.3 is 10.0 Å². The van der Waals surface area contributed by atoms with Crippen LogP contribution in [0.15, 0.2) is 60.9 Å². The zero-order chi connectivity index (χ0) is 18.8. The Balaban J connectivity index is 1.47. The van der Waals surface area contributed by atoms with Gasteiger partial charge in [0.25, 0.3) is 0 Å². The number of aromatic nitrogens is 1. The first-order valence-corrected chi connectivity index (χ1v) is 9.26. The van der Waals surface area contributed by atoms with Crippen molar-refractivity contribution in [2.24, 2.45) is 0 Å². The number of piperazine rings is 1. The maximum absolute atomic E-state index is 11.0. The monoisotopic (exact) mass is 361 g/mol. The first-order chi connectivity index (χ1) is 13.1. The lowest BCUT2D eigenvalue weighted by atomic mass is 10.1. The number of hydrogen-bond acceptors (Lipinski definition) is 4. The molecule has 3 aromatic rings. The summed E-state index contributed by atoms with van der Waals surface area (Å²) in [6, 6.07) is 16.1. The fourth-order valence-corrected chi connectivity index (χ4v) is 3.82. The Hall–Kier alpha value is -2.92. The lowest BCUT2D eigenvalue weighted by Gasteiger charge is -2.41. The van der Waals surface area contributed by atoms with Crippen molar-refractivity contribution < 1.29 is 9.90 Å². The second kappa shape index (κ2) is 7.37. The second-order valence-electron chi connectivity index (χ2n) is 7.14. The molecule has 1 atom stereocenters. The average Bonchev–Trinajstić information content (AvgIpc) is 2.69. The van der Waals surface area contributed by atoms with E-state index in [0.717, 1.165) is 31.7 Å². The number of aromatic carboxylic acids is 1. The molecule has 0 amide bonds. The number of benzene rings is 2. The summed E-state index contributed by atoms with van der Waals surface area (Å²) in [5.41, 5.74) is 2.76. The van der Waals surface area contributed by atoms with Crippen LogP contribution >= 0.6 is 0 Å². The summed E-state index contributed by atoms with van der Waals surface area (Å²) in [6.45, 7) is 6.01. The van der Waals surface area contributed by atoms with Crippen LogP contribution in [0.1, 0.15) is 22.8 Å². The normalized spacial score (nSPS) is 18.0. The lowest BCUT2D eigenvalue weighted by Crippen LogP contribution is -2.51. The Morgan fingerprint density at radius 3 is 2.70 bits per heavy atom. The molecule has 1 N–H and O–H groups in total. The van der Waals surface area contributed by atoms with Crippen molar-refractivity contribution in [3.63, 3.8) is 0 Å². The molecule has 138 valence electrons. The predicted octanol–water partition coefficient (Wildman–Crippen LogP) is 3.64. The van der Waals surface area contributed by atoms with E-state index in [1.54, 1.807) is 12.1 Å². The Labute approximate surface area is 158 Å². The van der Waals surface area contributed by atoms with Crippen LogP contribution in [0.5, 0.6) is 0 Å². The number of carbonyl (C=O) groups is 1. The van der Waals surface area contributed by atoms with E-state index in [9.17, 15) is 4.79 Å². The molecule has 0 radical (unpaired) electrons. The third-order valence-corrected chi connectivity index (χ3v) is 5.35. The molecule has 1 aliphatic heterocycles. The highest BCUT2D eigenvalue weighted by atomic mass is 16.4. The molecule has 0 aliphatic carbocycles. The van der Waals surface area contributed by atoms with Crippen molar-refractivity contribution in [3.05, 3.63) is 72.1 Å². The van der Waals surface area contributed by atoms with Crippen molar-refractivity contribution in [1.82, 2.24) is 9.88 Å². The lowest BCUT2D eigenvalue weighted by molar-refractivity contribution is 0.0697. The molecule has 1 saturated heterocycles. The van der Waals surface area contributed by atoms with E-state index < -0.39 is 5.97 Å². The number of rotatable bonds is 4. The van der Waals surface area contributed by atoms with E-state index in [-0.39, 0.29) is 0 Å². The maximum atomic E-state index is 11.0. The van der Waals surface area contributed by atoms with Gasteiger partial charge in [-0.2, -0.15) is 0 Å². The minimum Gasteiger partial charge on any atom is -0.478 e. The Morgan fingerprint density at radius 1 is 1.15 bits per heavy atom. The molecule has 1 aliphatic rings. The highest BCUT2D eigenvalue weighted by Gasteiger charge is 2.24. The molecule has 1 fully saturated rings. The van der Waals surface area contributed by atoms with Crippen LogP contribution in [0.25, 0.3) is 10.8 Å². The number of carboxylic acid groups (broad SMARTS) is 1. The van der Waals surface area contributed by atoms with Gasteiger partial charge in [0.1, 0.15) is 0 Å². The first-order valence-electron chi connectivity index (χ1n) is 9.26. The van der Waals surface area contributed by atoms with Crippen LogP contribution in [0.4, 0.5) is 5.69 Å². The quantitative estimate of drug-likeness (QED) is 0.769. The van der Waals surface area contributed by atoms with Crippen LogP contribution in [0.3, 0.4) is 0 Å². The minimum absolute atomic E-state index is 0.335. The molecule has 5 heteroatoms. The number of pyridine rings is 1. The molecular formula is C22H23N3O2. The summed E-state index contributed by atoms with van der Waals surface area (Å²) in [5, 5.41) is 11.4. The fourth-order valence-electron chi connectivity index (χ4n) is 3.82. The summed E-state index contributed by atoms with van der Waals surface area (Å²) in [4.78, 5) is 20.1. The van der Waals surface area contributed by atoms with Crippen molar-refractivity contribution >= 4 is 22.4 Å². The third-order valence-electron chi connectivity index (χ3n) is 5.35. The largest absolute Gasteiger partial charge is 0.478 e. The molecule has 5 nitrogen and oxygen atoms in total. The summed E-state index contributed by atoms with van der Waals surface area (Å²) in [7, 11) is 0. The van der Waals surface area contributed by atoms with Gasteiger partial charge in [-0.05, 0) is 36.8 Å². The van der Waals surface area contributed by atoms with Gasteiger partial charge in [-0.15, -0.1) is 0 Å². The number of hydrogen-bond donors (Lipinski definition) is 1. The van der Waals surface area contributed by atoms with E-state index in [1.807, 2.05) is 24.5 Å². The highest BCUT2D eigenvalue weighted by molar-refractivity contribution is 5.93. The third kappa shape index (κ3) is 3.64. The van der Waals surface area contributed by atoms with E-state index in [1.165, 1.54) is 16.5 Å². The zero-order valence-corrected chi connectivity index (χ0v) is 15.4. The summed E-state index contributed by atoms with van der Waals surface area (Å²) in [5.74, 6) is -0.881. The van der Waals surface area contributed by atoms with Gasteiger partial charge in [0.05, 0.1) is 5.56 Å². The molecule has 0 spiro atoms. The van der Waals surface area contributed by atoms with Crippen molar-refractivity contribution in [1.29, 1.82) is 0 Å². The number of carboxylic acids is 1. The zero-order valence-electron chi connectivity index (χ0n) is 15.4. The van der Waals surface area contributed by atoms with Crippen molar-refractivity contribution in [2.45, 2.75) is 19.5 Å². The van der Waals surface area contributed by atoms with E-state index in [2.05, 4.69) is 46.0 Å². The fraction of sp³-hybridized carbons (Fsp3) is 0.273. The summed E-state index contributed by atoms with van der Waals surface area (Å²) >= 11 is 0. The molecule has 4 rings (SSSR count). The molecule has 2 heterocycles. The SMILES string of the molecule is CC1CN(c2cccc3cnccc23)CCN1Cc1ccc(C(=O)O)cc1. The van der Waals surface area contributed by atoms with Crippen LogP contribution in [0, 0.1) is 0 Å². The van der Waals surface area contributed by atoms with E-state index >= 15 is 0 Å². The molecule has 0 saturated carbocycles. The van der Waals surface area contributed by atoms with Gasteiger partial charge in [0, 0.05) is 61.1 Å². The van der Waals surface area contributed by atoms with Crippen LogP contribution in [0.2, 0.25) is 0 Å². The van der Waals surface area contributed by atoms with Crippen molar-refractivity contribution in [3.8, 4) is 0 Å². The molecule has 0 bridgehead atoms.